The van der Waals surface area contributed by atoms with Crippen molar-refractivity contribution in [2.24, 2.45) is 0 Å². The first-order chi connectivity index (χ1) is 22.9. The average Bonchev–Trinajstić information content (AvgIpc) is 3.47. The van der Waals surface area contributed by atoms with Gasteiger partial charge in [-0.3, -0.25) is 0 Å². The zero-order valence-corrected chi connectivity index (χ0v) is 25.1. The Morgan fingerprint density at radius 2 is 0.761 bits per heavy atom. The first-order valence-electron chi connectivity index (χ1n) is 15.9. The average molecular weight is 586 g/mol. The topological polar surface area (TPSA) is 11.4 Å². The molecule has 2 aliphatic rings. The molecule has 2 aliphatic heterocycles. The Morgan fingerprint density at radius 3 is 1.26 bits per heavy atom. The molecule has 0 saturated heterocycles. The van der Waals surface area contributed by atoms with Gasteiger partial charge in [-0.1, -0.05) is 109 Å². The molecule has 4 heteroatoms. The molecule has 0 aliphatic carbocycles. The maximum absolute atomic E-state index is 2.53. The zero-order chi connectivity index (χ0) is 30.2. The van der Waals surface area contributed by atoms with Crippen molar-refractivity contribution < 1.29 is 0 Å². The van der Waals surface area contributed by atoms with Gasteiger partial charge >= 0.3 is 6.98 Å². The van der Waals surface area contributed by atoms with Crippen LogP contribution in [0.5, 0.6) is 0 Å². The summed E-state index contributed by atoms with van der Waals surface area (Å²) < 4.78 is 2.45. The van der Waals surface area contributed by atoms with Crippen molar-refractivity contribution in [3.05, 3.63) is 170 Å². The molecule has 0 radical (unpaired) electrons. The van der Waals surface area contributed by atoms with Crippen molar-refractivity contribution in [2.45, 2.75) is 0 Å². The smallest absolute Gasteiger partial charge is 0.361 e. The summed E-state index contributed by atoms with van der Waals surface area (Å²) in [6.45, 7) is -0.0909. The normalized spacial score (nSPS) is 13.1. The van der Waals surface area contributed by atoms with Gasteiger partial charge in [-0.05, 0) is 77.3 Å². The summed E-state index contributed by atoms with van der Waals surface area (Å²) in [5.74, 6) is 0. The summed E-state index contributed by atoms with van der Waals surface area (Å²) in [6, 6.07) is 62.0. The second-order valence-electron chi connectivity index (χ2n) is 12.1. The summed E-state index contributed by atoms with van der Waals surface area (Å²) in [5.41, 5.74) is 14.7. The zero-order valence-electron chi connectivity index (χ0n) is 25.1. The minimum Gasteiger partial charge on any atom is -0.361 e. The molecule has 0 fully saturated rings. The molecule has 46 heavy (non-hydrogen) atoms. The SMILES string of the molecule is c1ccc(N2B3c4c(cc(-n5c6ccccc6c6ccccc65)cc4-c4ccccc4N3c3ccccc3)-c3ccccc32)cc1. The second kappa shape index (κ2) is 9.75. The summed E-state index contributed by atoms with van der Waals surface area (Å²) in [6.07, 6.45) is 0. The van der Waals surface area contributed by atoms with E-state index in [0.717, 1.165) is 0 Å². The highest BCUT2D eigenvalue weighted by atomic mass is 15.2. The van der Waals surface area contributed by atoms with Crippen LogP contribution in [0.4, 0.5) is 22.7 Å². The lowest BCUT2D eigenvalue weighted by molar-refractivity contribution is 1.18. The van der Waals surface area contributed by atoms with Crippen molar-refractivity contribution in [1.29, 1.82) is 0 Å². The van der Waals surface area contributed by atoms with Gasteiger partial charge in [0.2, 0.25) is 0 Å². The largest absolute Gasteiger partial charge is 0.421 e. The molecule has 0 saturated carbocycles. The van der Waals surface area contributed by atoms with Crippen LogP contribution in [-0.2, 0) is 0 Å². The molecule has 0 spiro atoms. The van der Waals surface area contributed by atoms with Crippen LogP contribution >= 0.6 is 0 Å². The Labute approximate surface area is 268 Å². The molecular formula is C42H28BN3. The van der Waals surface area contributed by atoms with E-state index in [9.17, 15) is 0 Å². The lowest BCUT2D eigenvalue weighted by Gasteiger charge is -2.47. The van der Waals surface area contributed by atoms with E-state index in [1.165, 1.54) is 78.0 Å². The van der Waals surface area contributed by atoms with Gasteiger partial charge < -0.3 is 14.2 Å². The lowest BCUT2D eigenvalue weighted by atomic mass is 9.53. The van der Waals surface area contributed by atoms with Crippen LogP contribution in [0.2, 0.25) is 0 Å². The quantitative estimate of drug-likeness (QED) is 0.191. The fourth-order valence-electron chi connectivity index (χ4n) is 7.89. The Balaban J connectivity index is 1.35. The number of nitrogens with zero attached hydrogens (tertiary/aromatic N) is 3. The van der Waals surface area contributed by atoms with E-state index in [-0.39, 0.29) is 6.98 Å². The maximum Gasteiger partial charge on any atom is 0.421 e. The highest BCUT2D eigenvalue weighted by molar-refractivity contribution is 6.86. The molecule has 7 aromatic carbocycles. The fraction of sp³-hybridized carbons (Fsp3) is 0. The molecule has 8 aromatic rings. The van der Waals surface area contributed by atoms with Gasteiger partial charge in [0, 0.05) is 50.3 Å². The number of anilines is 4. The first-order valence-corrected chi connectivity index (χ1v) is 15.9. The highest BCUT2D eigenvalue weighted by Gasteiger charge is 2.47. The monoisotopic (exact) mass is 585 g/mol. The van der Waals surface area contributed by atoms with Crippen LogP contribution in [0.15, 0.2) is 170 Å². The van der Waals surface area contributed by atoms with Crippen LogP contribution in [0.3, 0.4) is 0 Å². The van der Waals surface area contributed by atoms with Crippen molar-refractivity contribution >= 4 is 57.0 Å². The highest BCUT2D eigenvalue weighted by Crippen LogP contribution is 2.49. The second-order valence-corrected chi connectivity index (χ2v) is 12.1. The van der Waals surface area contributed by atoms with Gasteiger partial charge in [0.1, 0.15) is 0 Å². The first kappa shape index (κ1) is 25.3. The van der Waals surface area contributed by atoms with Crippen molar-refractivity contribution in [3.8, 4) is 27.9 Å². The third-order valence-corrected chi connectivity index (χ3v) is 9.73. The molecule has 10 rings (SSSR count). The van der Waals surface area contributed by atoms with Gasteiger partial charge in [-0.25, -0.2) is 0 Å². The minimum absolute atomic E-state index is 0.0909. The lowest BCUT2D eigenvalue weighted by Crippen LogP contribution is -2.61. The van der Waals surface area contributed by atoms with Crippen LogP contribution in [0.25, 0.3) is 49.7 Å². The number of aromatic nitrogens is 1. The van der Waals surface area contributed by atoms with Gasteiger partial charge in [-0.2, -0.15) is 0 Å². The molecule has 0 amide bonds. The number of hydrogen-bond acceptors (Lipinski definition) is 2. The van der Waals surface area contributed by atoms with Gasteiger partial charge in [-0.15, -0.1) is 0 Å². The predicted octanol–water partition coefficient (Wildman–Crippen LogP) is 10.1. The summed E-state index contributed by atoms with van der Waals surface area (Å²) in [4.78, 5) is 5.06. The molecule has 0 unspecified atom stereocenters. The van der Waals surface area contributed by atoms with Gasteiger partial charge in [0.05, 0.1) is 11.0 Å². The van der Waals surface area contributed by atoms with E-state index >= 15 is 0 Å². The van der Waals surface area contributed by atoms with Crippen LogP contribution < -0.4 is 15.1 Å². The van der Waals surface area contributed by atoms with Crippen LogP contribution in [-0.4, -0.2) is 11.5 Å². The number of fused-ring (bicyclic) bond motifs is 7. The van der Waals surface area contributed by atoms with E-state index in [0.29, 0.717) is 0 Å². The van der Waals surface area contributed by atoms with E-state index in [1.54, 1.807) is 0 Å². The molecule has 1 aromatic heterocycles. The third kappa shape index (κ3) is 3.50. The fourth-order valence-corrected chi connectivity index (χ4v) is 7.89. The van der Waals surface area contributed by atoms with E-state index < -0.39 is 0 Å². The van der Waals surface area contributed by atoms with Gasteiger partial charge in [0.25, 0.3) is 0 Å². The van der Waals surface area contributed by atoms with Crippen LogP contribution in [0, 0.1) is 0 Å². The van der Waals surface area contributed by atoms with Crippen molar-refractivity contribution in [1.82, 2.24) is 4.57 Å². The Hall–Kier alpha value is -6.00. The van der Waals surface area contributed by atoms with Crippen LogP contribution in [0.1, 0.15) is 0 Å². The summed E-state index contributed by atoms with van der Waals surface area (Å²) in [7, 11) is 0. The standard InChI is InChI=1S/C42H28BN3/c1-3-15-29(16-4-1)45-40-25-13-9-21-34(40)36-27-31(44-38-23-11-7-19-32(38)33-20-8-12-24-39(33)44)28-37-35-22-10-14-26-41(35)46(43(45)42(36)37)30-17-5-2-6-18-30/h1-28H. The third-order valence-electron chi connectivity index (χ3n) is 9.73. The summed E-state index contributed by atoms with van der Waals surface area (Å²) >= 11 is 0. The van der Waals surface area contributed by atoms with Crippen molar-refractivity contribution in [3.63, 3.8) is 0 Å². The molecule has 214 valence electrons. The molecule has 0 atom stereocenters. The van der Waals surface area contributed by atoms with E-state index in [2.05, 4.69) is 184 Å². The number of benzene rings is 7. The number of para-hydroxylation sites is 6. The summed E-state index contributed by atoms with van der Waals surface area (Å²) in [5, 5.41) is 2.54. The molecule has 0 N–H and O–H groups in total. The van der Waals surface area contributed by atoms with E-state index in [1.807, 2.05) is 0 Å². The molecule has 3 nitrogen and oxygen atoms in total. The number of rotatable bonds is 3. The maximum atomic E-state index is 2.53. The van der Waals surface area contributed by atoms with Gasteiger partial charge in [0.15, 0.2) is 0 Å². The Bertz CT molecular complexity index is 2280. The predicted molar refractivity (Wildman–Crippen MR) is 194 cm³/mol. The minimum atomic E-state index is -0.0909. The number of hydrogen-bond donors (Lipinski definition) is 0. The van der Waals surface area contributed by atoms with E-state index in [4.69, 9.17) is 0 Å². The van der Waals surface area contributed by atoms with Crippen molar-refractivity contribution in [2.75, 3.05) is 9.62 Å². The Kier molecular flexibility index (Phi) is 5.37. The molecule has 0 bridgehead atoms. The Morgan fingerprint density at radius 1 is 0.348 bits per heavy atom. The molecular weight excluding hydrogens is 557 g/mol. The molecule has 3 heterocycles.